The molecule has 2 aromatic rings. The Morgan fingerprint density at radius 1 is 1.12 bits per heavy atom. The molecular weight excluding hydrogens is 206 g/mol. The second-order valence-corrected chi connectivity index (χ2v) is 5.89. The highest BCUT2D eigenvalue weighted by Gasteiger charge is 2.49. The molecule has 1 heteroatoms. The highest BCUT2D eigenvalue weighted by molar-refractivity contribution is 5.86. The average molecular weight is 225 g/mol. The normalized spacial score (nSPS) is 23.6. The molecule has 1 aliphatic rings. The summed E-state index contributed by atoms with van der Waals surface area (Å²) in [7, 11) is 0. The van der Waals surface area contributed by atoms with Gasteiger partial charge in [0.25, 0.3) is 0 Å². The van der Waals surface area contributed by atoms with E-state index < -0.39 is 0 Å². The highest BCUT2D eigenvalue weighted by atomic mass is 14.7. The minimum absolute atomic E-state index is 0.177. The van der Waals surface area contributed by atoms with Crippen LogP contribution < -0.4 is 5.73 Å². The summed E-state index contributed by atoms with van der Waals surface area (Å²) in [6, 6.07) is 15.1. The Kier molecular flexibility index (Phi) is 2.27. The first-order valence-corrected chi connectivity index (χ1v) is 6.33. The third-order valence-electron chi connectivity index (χ3n) is 4.21. The summed E-state index contributed by atoms with van der Waals surface area (Å²) < 4.78 is 0. The second kappa shape index (κ2) is 3.58. The van der Waals surface area contributed by atoms with Gasteiger partial charge in [0.15, 0.2) is 0 Å². The maximum Gasteiger partial charge on any atom is 0.0335 e. The number of hydrogen-bond acceptors (Lipinski definition) is 1. The summed E-state index contributed by atoms with van der Waals surface area (Å²) in [5.74, 6) is 0.633. The van der Waals surface area contributed by atoms with Crippen LogP contribution in [0.15, 0.2) is 42.5 Å². The molecule has 88 valence electrons. The van der Waals surface area contributed by atoms with E-state index in [2.05, 4.69) is 56.3 Å². The number of nitrogens with two attached hydrogens (primary N) is 1. The molecule has 1 fully saturated rings. The lowest BCUT2D eigenvalue weighted by Gasteiger charge is -2.16. The Bertz CT molecular complexity index is 551. The van der Waals surface area contributed by atoms with E-state index in [4.69, 9.17) is 5.73 Å². The Hall–Kier alpha value is -1.34. The maximum atomic E-state index is 6.44. The van der Waals surface area contributed by atoms with Crippen LogP contribution in [-0.2, 0) is 0 Å². The van der Waals surface area contributed by atoms with Gasteiger partial charge in [-0.05, 0) is 34.1 Å². The molecule has 2 aromatic carbocycles. The number of hydrogen-bond donors (Lipinski definition) is 1. The quantitative estimate of drug-likeness (QED) is 0.824. The van der Waals surface area contributed by atoms with Crippen molar-refractivity contribution in [1.29, 1.82) is 0 Å². The van der Waals surface area contributed by atoms with Crippen molar-refractivity contribution < 1.29 is 0 Å². The molecule has 2 unspecified atom stereocenters. The molecule has 0 heterocycles. The molecule has 17 heavy (non-hydrogen) atoms. The highest BCUT2D eigenvalue weighted by Crippen LogP contribution is 2.57. The minimum Gasteiger partial charge on any atom is -0.324 e. The van der Waals surface area contributed by atoms with Gasteiger partial charge in [-0.3, -0.25) is 0 Å². The molecule has 2 N–H and O–H groups in total. The average Bonchev–Trinajstić information content (AvgIpc) is 2.97. The van der Waals surface area contributed by atoms with Crippen molar-refractivity contribution >= 4 is 10.8 Å². The van der Waals surface area contributed by atoms with E-state index in [1.54, 1.807) is 0 Å². The monoisotopic (exact) mass is 225 g/mol. The minimum atomic E-state index is 0.177. The molecule has 0 aliphatic heterocycles. The van der Waals surface area contributed by atoms with Crippen LogP contribution in [0.1, 0.15) is 31.9 Å². The van der Waals surface area contributed by atoms with Crippen molar-refractivity contribution in [3.63, 3.8) is 0 Å². The van der Waals surface area contributed by atoms with Crippen LogP contribution >= 0.6 is 0 Å². The van der Waals surface area contributed by atoms with Gasteiger partial charge in [0, 0.05) is 6.04 Å². The van der Waals surface area contributed by atoms with Gasteiger partial charge in [-0.15, -0.1) is 0 Å². The van der Waals surface area contributed by atoms with Gasteiger partial charge in [-0.2, -0.15) is 0 Å². The third-order valence-corrected chi connectivity index (χ3v) is 4.21. The second-order valence-electron chi connectivity index (χ2n) is 5.89. The fourth-order valence-electron chi connectivity index (χ4n) is 2.88. The molecule has 0 bridgehead atoms. The van der Waals surface area contributed by atoms with E-state index in [-0.39, 0.29) is 6.04 Å². The van der Waals surface area contributed by atoms with Crippen LogP contribution in [0.2, 0.25) is 0 Å². The van der Waals surface area contributed by atoms with Crippen LogP contribution in [0, 0.1) is 11.3 Å². The first-order chi connectivity index (χ1) is 8.09. The molecular formula is C16H19N. The van der Waals surface area contributed by atoms with Crippen molar-refractivity contribution in [2.24, 2.45) is 17.1 Å². The lowest BCUT2D eigenvalue weighted by atomic mass is 9.93. The molecule has 0 amide bonds. The Balaban J connectivity index is 2.06. The van der Waals surface area contributed by atoms with Gasteiger partial charge in [-0.1, -0.05) is 56.3 Å². The van der Waals surface area contributed by atoms with Crippen LogP contribution in [0.25, 0.3) is 10.8 Å². The first kappa shape index (κ1) is 10.8. The van der Waals surface area contributed by atoms with Gasteiger partial charge in [-0.25, -0.2) is 0 Å². The number of rotatable bonds is 2. The van der Waals surface area contributed by atoms with Crippen molar-refractivity contribution in [2.75, 3.05) is 0 Å². The van der Waals surface area contributed by atoms with Gasteiger partial charge < -0.3 is 5.73 Å². The van der Waals surface area contributed by atoms with E-state index >= 15 is 0 Å². The zero-order valence-electron chi connectivity index (χ0n) is 10.5. The van der Waals surface area contributed by atoms with E-state index in [0.717, 1.165) is 0 Å². The molecule has 1 nitrogen and oxygen atoms in total. The van der Waals surface area contributed by atoms with E-state index in [9.17, 15) is 0 Å². The van der Waals surface area contributed by atoms with Gasteiger partial charge in [0.2, 0.25) is 0 Å². The van der Waals surface area contributed by atoms with Crippen molar-refractivity contribution in [2.45, 2.75) is 26.3 Å². The summed E-state index contributed by atoms with van der Waals surface area (Å²) in [4.78, 5) is 0. The topological polar surface area (TPSA) is 26.0 Å². The van der Waals surface area contributed by atoms with E-state index in [1.165, 1.54) is 22.8 Å². The number of fused-ring (bicyclic) bond motifs is 1. The molecule has 3 rings (SSSR count). The predicted octanol–water partition coefficient (Wildman–Crippen LogP) is 3.89. The van der Waals surface area contributed by atoms with Crippen LogP contribution in [0.3, 0.4) is 0 Å². The lowest BCUT2D eigenvalue weighted by Crippen LogP contribution is -2.15. The first-order valence-electron chi connectivity index (χ1n) is 6.33. The molecule has 2 atom stereocenters. The Morgan fingerprint density at radius 2 is 1.76 bits per heavy atom. The van der Waals surface area contributed by atoms with Crippen molar-refractivity contribution in [3.8, 4) is 0 Å². The van der Waals surface area contributed by atoms with Gasteiger partial charge >= 0.3 is 0 Å². The molecule has 1 aliphatic carbocycles. The van der Waals surface area contributed by atoms with Gasteiger partial charge in [0.05, 0.1) is 0 Å². The van der Waals surface area contributed by atoms with Crippen molar-refractivity contribution in [1.82, 2.24) is 0 Å². The van der Waals surface area contributed by atoms with Gasteiger partial charge in [0.1, 0.15) is 0 Å². The predicted molar refractivity (Wildman–Crippen MR) is 72.8 cm³/mol. The summed E-state index contributed by atoms with van der Waals surface area (Å²) in [6.07, 6.45) is 1.25. The van der Waals surface area contributed by atoms with E-state index in [1.807, 2.05) is 0 Å². The van der Waals surface area contributed by atoms with Crippen LogP contribution in [0.4, 0.5) is 0 Å². The largest absolute Gasteiger partial charge is 0.324 e. The molecule has 0 saturated heterocycles. The summed E-state index contributed by atoms with van der Waals surface area (Å²) in [5.41, 5.74) is 8.17. The fourth-order valence-corrected chi connectivity index (χ4v) is 2.88. The Labute approximate surface area is 103 Å². The fraction of sp³-hybridized carbons (Fsp3) is 0.375. The van der Waals surface area contributed by atoms with Crippen LogP contribution in [0.5, 0.6) is 0 Å². The maximum absolute atomic E-state index is 6.44. The standard InChI is InChI=1S/C16H19N/c1-16(2)10-14(16)15(17)13-9-5-7-11-6-3-4-8-12(11)13/h3-9,14-15H,10,17H2,1-2H3. The zero-order valence-corrected chi connectivity index (χ0v) is 10.5. The summed E-state index contributed by atoms with van der Waals surface area (Å²) >= 11 is 0. The summed E-state index contributed by atoms with van der Waals surface area (Å²) in [6.45, 7) is 4.62. The number of benzene rings is 2. The SMILES string of the molecule is CC1(C)CC1C(N)c1cccc2ccccc12. The zero-order chi connectivity index (χ0) is 12.0. The van der Waals surface area contributed by atoms with Crippen molar-refractivity contribution in [3.05, 3.63) is 48.0 Å². The van der Waals surface area contributed by atoms with E-state index in [0.29, 0.717) is 11.3 Å². The van der Waals surface area contributed by atoms with Crippen LogP contribution in [-0.4, -0.2) is 0 Å². The Morgan fingerprint density at radius 3 is 2.47 bits per heavy atom. The molecule has 0 spiro atoms. The molecule has 0 radical (unpaired) electrons. The molecule has 0 aromatic heterocycles. The summed E-state index contributed by atoms with van der Waals surface area (Å²) in [5, 5.41) is 2.60. The smallest absolute Gasteiger partial charge is 0.0335 e. The molecule has 1 saturated carbocycles. The lowest BCUT2D eigenvalue weighted by molar-refractivity contribution is 0.493. The third kappa shape index (κ3) is 1.75.